The minimum atomic E-state index is -0.720. The van der Waals surface area contributed by atoms with Crippen LogP contribution in [0.4, 0.5) is 0 Å². The van der Waals surface area contributed by atoms with Crippen LogP contribution < -0.4 is 4.74 Å². The van der Waals surface area contributed by atoms with Gasteiger partial charge in [-0.3, -0.25) is 14.6 Å². The number of aromatic nitrogens is 1. The molecule has 1 aliphatic heterocycles. The van der Waals surface area contributed by atoms with E-state index in [0.717, 1.165) is 21.1 Å². The number of carbonyl (C=O) groups excluding carboxylic acids is 2. The van der Waals surface area contributed by atoms with Gasteiger partial charge < -0.3 is 14.7 Å². The van der Waals surface area contributed by atoms with Crippen LogP contribution in [0.2, 0.25) is 0 Å². The van der Waals surface area contributed by atoms with Crippen LogP contribution in [0.1, 0.15) is 36.1 Å². The second kappa shape index (κ2) is 10.2. The normalized spacial score (nSPS) is 17.4. The van der Waals surface area contributed by atoms with Gasteiger partial charge in [0.1, 0.15) is 11.5 Å². The van der Waals surface area contributed by atoms with Gasteiger partial charge >= 0.3 is 0 Å². The number of rotatable bonds is 7. The van der Waals surface area contributed by atoms with Gasteiger partial charge in [0.25, 0.3) is 11.7 Å². The van der Waals surface area contributed by atoms with Crippen LogP contribution in [0, 0.1) is 3.57 Å². The van der Waals surface area contributed by atoms with Crippen molar-refractivity contribution in [3.05, 3.63) is 98.9 Å². The topological polar surface area (TPSA) is 79.7 Å². The first kappa shape index (κ1) is 23.0. The average molecular weight is 554 g/mol. The minimum absolute atomic E-state index is 0.0674. The Bertz CT molecular complexity index is 1190. The molecule has 4 rings (SSSR count). The van der Waals surface area contributed by atoms with Crippen LogP contribution in [0.3, 0.4) is 0 Å². The number of likely N-dealkylation sites (tertiary alicyclic amines) is 1. The monoisotopic (exact) mass is 554 g/mol. The number of ether oxygens (including phenoxy) is 1. The first-order valence-corrected chi connectivity index (χ1v) is 11.7. The fraction of sp³-hybridized carbons (Fsp3) is 0.192. The zero-order chi connectivity index (χ0) is 23.4. The lowest BCUT2D eigenvalue weighted by Gasteiger charge is -2.25. The van der Waals surface area contributed by atoms with Crippen molar-refractivity contribution in [3.63, 3.8) is 0 Å². The summed E-state index contributed by atoms with van der Waals surface area (Å²) in [5.41, 5.74) is 2.04. The Kier molecular flexibility index (Phi) is 7.08. The van der Waals surface area contributed by atoms with Gasteiger partial charge in [-0.05, 0) is 70.5 Å². The van der Waals surface area contributed by atoms with Gasteiger partial charge in [0.15, 0.2) is 0 Å². The van der Waals surface area contributed by atoms with Crippen LogP contribution in [0.25, 0.3) is 5.76 Å². The molecule has 33 heavy (non-hydrogen) atoms. The number of halogens is 1. The molecule has 7 heteroatoms. The van der Waals surface area contributed by atoms with E-state index in [9.17, 15) is 14.7 Å². The highest BCUT2D eigenvalue weighted by atomic mass is 127. The molecule has 1 aromatic heterocycles. The molecule has 0 radical (unpaired) electrons. The SMILES string of the molecule is CCCOc1cccc(C(O)=C2C(=O)C(=O)N(Cc3cccnc3)C2c2ccc(I)cc2)c1. The van der Waals surface area contributed by atoms with E-state index < -0.39 is 17.7 Å². The summed E-state index contributed by atoms with van der Waals surface area (Å²) in [5, 5.41) is 11.2. The van der Waals surface area contributed by atoms with E-state index in [-0.39, 0.29) is 17.9 Å². The number of aliphatic hydroxyl groups excluding tert-OH is 1. The smallest absolute Gasteiger partial charge is 0.295 e. The van der Waals surface area contributed by atoms with Crippen LogP contribution in [0.15, 0.2) is 78.6 Å². The van der Waals surface area contributed by atoms with Crippen LogP contribution in [-0.4, -0.2) is 33.3 Å². The largest absolute Gasteiger partial charge is 0.507 e. The maximum Gasteiger partial charge on any atom is 0.295 e. The molecule has 1 atom stereocenters. The zero-order valence-electron chi connectivity index (χ0n) is 18.1. The van der Waals surface area contributed by atoms with Gasteiger partial charge in [-0.1, -0.05) is 37.3 Å². The molecular weight excluding hydrogens is 531 g/mol. The molecule has 2 aromatic carbocycles. The first-order chi connectivity index (χ1) is 16.0. The second-order valence-electron chi connectivity index (χ2n) is 7.72. The third-order valence-electron chi connectivity index (χ3n) is 5.38. The summed E-state index contributed by atoms with van der Waals surface area (Å²) in [6.07, 6.45) is 4.17. The molecule has 3 aromatic rings. The number of amides is 1. The van der Waals surface area contributed by atoms with E-state index in [4.69, 9.17) is 4.74 Å². The summed E-state index contributed by atoms with van der Waals surface area (Å²) in [7, 11) is 0. The molecule has 1 aliphatic rings. The van der Waals surface area contributed by atoms with Gasteiger partial charge in [0.05, 0.1) is 18.2 Å². The summed E-state index contributed by atoms with van der Waals surface area (Å²) in [6, 6.07) is 17.4. The number of benzene rings is 2. The van der Waals surface area contributed by atoms with E-state index in [1.165, 1.54) is 4.90 Å². The Morgan fingerprint density at radius 2 is 1.91 bits per heavy atom. The molecule has 6 nitrogen and oxygen atoms in total. The molecule has 0 spiro atoms. The molecule has 0 saturated carbocycles. The van der Waals surface area contributed by atoms with Gasteiger partial charge in [-0.2, -0.15) is 0 Å². The highest BCUT2D eigenvalue weighted by Gasteiger charge is 2.46. The van der Waals surface area contributed by atoms with Crippen LogP contribution in [0.5, 0.6) is 5.75 Å². The number of hydrogen-bond donors (Lipinski definition) is 1. The van der Waals surface area contributed by atoms with Crippen molar-refractivity contribution in [1.29, 1.82) is 0 Å². The van der Waals surface area contributed by atoms with Gasteiger partial charge in [-0.25, -0.2) is 0 Å². The Morgan fingerprint density at radius 3 is 2.61 bits per heavy atom. The predicted molar refractivity (Wildman–Crippen MR) is 133 cm³/mol. The minimum Gasteiger partial charge on any atom is -0.507 e. The number of hydrogen-bond acceptors (Lipinski definition) is 5. The Hall–Kier alpha value is -3.20. The lowest BCUT2D eigenvalue weighted by Crippen LogP contribution is -2.29. The molecule has 1 amide bonds. The van der Waals surface area contributed by atoms with Gasteiger partial charge in [-0.15, -0.1) is 0 Å². The number of pyridine rings is 1. The van der Waals surface area contributed by atoms with Crippen molar-refractivity contribution in [2.45, 2.75) is 25.9 Å². The quantitative estimate of drug-likeness (QED) is 0.190. The van der Waals surface area contributed by atoms with E-state index >= 15 is 0 Å². The fourth-order valence-electron chi connectivity index (χ4n) is 3.83. The maximum absolute atomic E-state index is 13.2. The van der Waals surface area contributed by atoms with E-state index in [2.05, 4.69) is 27.6 Å². The van der Waals surface area contributed by atoms with Crippen molar-refractivity contribution in [2.75, 3.05) is 6.61 Å². The van der Waals surface area contributed by atoms with Crippen molar-refractivity contribution >= 4 is 40.0 Å². The first-order valence-electron chi connectivity index (χ1n) is 10.7. The average Bonchev–Trinajstić information content (AvgIpc) is 3.08. The van der Waals surface area contributed by atoms with Crippen LogP contribution in [-0.2, 0) is 16.1 Å². The number of ketones is 1. The summed E-state index contributed by atoms with van der Waals surface area (Å²) in [5.74, 6) is -0.981. The van der Waals surface area contributed by atoms with E-state index in [0.29, 0.717) is 17.9 Å². The van der Waals surface area contributed by atoms with Crippen molar-refractivity contribution in [2.24, 2.45) is 0 Å². The maximum atomic E-state index is 13.2. The summed E-state index contributed by atoms with van der Waals surface area (Å²) in [4.78, 5) is 31.9. The molecule has 0 bridgehead atoms. The third kappa shape index (κ3) is 4.93. The standard InChI is InChI=1S/C26H23IN2O4/c1-2-13-33-21-7-3-6-19(14-21)24(30)22-23(18-8-10-20(27)11-9-18)29(26(32)25(22)31)16-17-5-4-12-28-15-17/h3-12,14-15,23,30H,2,13,16H2,1H3. The summed E-state index contributed by atoms with van der Waals surface area (Å²) < 4.78 is 6.71. The molecular formula is C26H23IN2O4. The molecule has 1 unspecified atom stereocenters. The molecule has 1 saturated heterocycles. The Labute approximate surface area is 206 Å². The summed E-state index contributed by atoms with van der Waals surface area (Å²) in [6.45, 7) is 2.75. The summed E-state index contributed by atoms with van der Waals surface area (Å²) >= 11 is 2.20. The Morgan fingerprint density at radius 1 is 1.12 bits per heavy atom. The molecule has 0 aliphatic carbocycles. The number of aliphatic hydroxyl groups is 1. The van der Waals surface area contributed by atoms with E-state index in [1.54, 1.807) is 42.7 Å². The van der Waals surface area contributed by atoms with Crippen molar-refractivity contribution in [1.82, 2.24) is 9.88 Å². The van der Waals surface area contributed by atoms with Gasteiger partial charge in [0.2, 0.25) is 0 Å². The van der Waals surface area contributed by atoms with Crippen molar-refractivity contribution < 1.29 is 19.4 Å². The lowest BCUT2D eigenvalue weighted by molar-refractivity contribution is -0.140. The zero-order valence-corrected chi connectivity index (χ0v) is 20.2. The third-order valence-corrected chi connectivity index (χ3v) is 6.10. The van der Waals surface area contributed by atoms with Crippen LogP contribution >= 0.6 is 22.6 Å². The fourth-order valence-corrected chi connectivity index (χ4v) is 4.19. The lowest BCUT2D eigenvalue weighted by atomic mass is 9.95. The number of nitrogens with zero attached hydrogens (tertiary/aromatic N) is 2. The highest BCUT2D eigenvalue weighted by Crippen LogP contribution is 2.40. The molecule has 2 heterocycles. The molecule has 1 fully saturated rings. The Balaban J connectivity index is 1.81. The molecule has 168 valence electrons. The number of Topliss-reactive ketones (excluding diaryl/α,β-unsaturated/α-hetero) is 1. The van der Waals surface area contributed by atoms with E-state index in [1.807, 2.05) is 37.3 Å². The second-order valence-corrected chi connectivity index (χ2v) is 8.96. The highest BCUT2D eigenvalue weighted by molar-refractivity contribution is 14.1. The van der Waals surface area contributed by atoms with Gasteiger partial charge in [0, 0.05) is 28.1 Å². The van der Waals surface area contributed by atoms with Crippen molar-refractivity contribution in [3.8, 4) is 5.75 Å². The number of carbonyl (C=O) groups is 2. The molecule has 1 N–H and O–H groups in total. The predicted octanol–water partition coefficient (Wildman–Crippen LogP) is 5.10.